The van der Waals surface area contributed by atoms with Crippen LogP contribution in [0.1, 0.15) is 10.4 Å². The predicted molar refractivity (Wildman–Crippen MR) is 69.0 cm³/mol. The van der Waals surface area contributed by atoms with Crippen molar-refractivity contribution >= 4 is 23.0 Å². The van der Waals surface area contributed by atoms with Gasteiger partial charge in [0, 0.05) is 23.1 Å². The molecular weight excluding hydrogens is 252 g/mol. The molecule has 19 heavy (non-hydrogen) atoms. The van der Waals surface area contributed by atoms with E-state index < -0.39 is 17.5 Å². The highest BCUT2D eigenvalue weighted by atomic mass is 19.2. The van der Waals surface area contributed by atoms with E-state index in [2.05, 4.69) is 5.32 Å². The fraction of sp³-hybridized carbons (Fsp3) is 0. The number of nitrogens with two attached hydrogens (primary N) is 2. The standard InChI is InChI=1S/C13H11F2N3O/c14-10-3-1-8(6-11(10)15)18-7-2-4-12(16)9(5-7)13(17)19/h1-6,18H,16H2,(H2,17,19). The first kappa shape index (κ1) is 12.8. The molecule has 0 aliphatic carbocycles. The molecule has 0 aromatic heterocycles. The molecule has 0 saturated carbocycles. The smallest absolute Gasteiger partial charge is 0.250 e. The van der Waals surface area contributed by atoms with Gasteiger partial charge in [-0.25, -0.2) is 8.78 Å². The molecule has 0 heterocycles. The number of carbonyl (C=O) groups is 1. The van der Waals surface area contributed by atoms with Crippen molar-refractivity contribution in [2.24, 2.45) is 5.73 Å². The molecular formula is C13H11F2N3O. The molecule has 0 bridgehead atoms. The van der Waals surface area contributed by atoms with Gasteiger partial charge in [-0.3, -0.25) is 4.79 Å². The number of benzene rings is 2. The first-order valence-electron chi connectivity index (χ1n) is 5.39. The summed E-state index contributed by atoms with van der Waals surface area (Å²) in [6.45, 7) is 0. The largest absolute Gasteiger partial charge is 0.398 e. The van der Waals surface area contributed by atoms with Crippen molar-refractivity contribution in [3.8, 4) is 0 Å². The van der Waals surface area contributed by atoms with Gasteiger partial charge in [-0.05, 0) is 30.3 Å². The predicted octanol–water partition coefficient (Wildman–Crippen LogP) is 2.39. The van der Waals surface area contributed by atoms with Gasteiger partial charge in [0.05, 0.1) is 5.56 Å². The average molecular weight is 263 g/mol. The highest BCUT2D eigenvalue weighted by molar-refractivity contribution is 5.99. The number of anilines is 3. The summed E-state index contributed by atoms with van der Waals surface area (Å²) in [7, 11) is 0. The first-order chi connectivity index (χ1) is 8.97. The molecule has 0 unspecified atom stereocenters. The number of amides is 1. The average Bonchev–Trinajstić information content (AvgIpc) is 2.36. The van der Waals surface area contributed by atoms with E-state index in [1.165, 1.54) is 18.2 Å². The van der Waals surface area contributed by atoms with Crippen molar-refractivity contribution in [1.82, 2.24) is 0 Å². The van der Waals surface area contributed by atoms with Crippen molar-refractivity contribution in [1.29, 1.82) is 0 Å². The molecule has 5 N–H and O–H groups in total. The number of rotatable bonds is 3. The Labute approximate surface area is 108 Å². The molecule has 0 aliphatic rings. The zero-order valence-electron chi connectivity index (χ0n) is 9.78. The van der Waals surface area contributed by atoms with Gasteiger partial charge in [-0.2, -0.15) is 0 Å². The molecule has 0 spiro atoms. The summed E-state index contributed by atoms with van der Waals surface area (Å²) in [5.74, 6) is -2.55. The first-order valence-corrected chi connectivity index (χ1v) is 5.39. The second-order valence-electron chi connectivity index (χ2n) is 3.92. The van der Waals surface area contributed by atoms with Crippen LogP contribution in [0.4, 0.5) is 25.8 Å². The molecule has 0 atom stereocenters. The summed E-state index contributed by atoms with van der Waals surface area (Å²) in [5, 5.41) is 2.82. The van der Waals surface area contributed by atoms with Crippen LogP contribution in [0.2, 0.25) is 0 Å². The maximum Gasteiger partial charge on any atom is 0.250 e. The summed E-state index contributed by atoms with van der Waals surface area (Å²) in [5.41, 5.74) is 12.0. The van der Waals surface area contributed by atoms with E-state index in [0.717, 1.165) is 12.1 Å². The molecule has 6 heteroatoms. The molecule has 0 radical (unpaired) electrons. The van der Waals surface area contributed by atoms with Crippen LogP contribution in [-0.4, -0.2) is 5.91 Å². The van der Waals surface area contributed by atoms with Gasteiger partial charge in [0.2, 0.25) is 0 Å². The van der Waals surface area contributed by atoms with Gasteiger partial charge in [0.15, 0.2) is 11.6 Å². The quantitative estimate of drug-likeness (QED) is 0.744. The molecule has 0 saturated heterocycles. The highest BCUT2D eigenvalue weighted by Crippen LogP contribution is 2.22. The van der Waals surface area contributed by atoms with Crippen LogP contribution in [0.25, 0.3) is 0 Å². The maximum atomic E-state index is 13.0. The SMILES string of the molecule is NC(=O)c1cc(Nc2ccc(F)c(F)c2)ccc1N. The van der Waals surface area contributed by atoms with E-state index in [1.54, 1.807) is 6.07 Å². The van der Waals surface area contributed by atoms with Crippen LogP contribution in [0.5, 0.6) is 0 Å². The second kappa shape index (κ2) is 4.93. The summed E-state index contributed by atoms with van der Waals surface area (Å²) < 4.78 is 25.8. The number of nitrogens with one attached hydrogen (secondary N) is 1. The Bertz CT molecular complexity index is 644. The fourth-order valence-electron chi connectivity index (χ4n) is 1.59. The van der Waals surface area contributed by atoms with E-state index in [0.29, 0.717) is 11.4 Å². The van der Waals surface area contributed by atoms with E-state index in [4.69, 9.17) is 11.5 Å². The highest BCUT2D eigenvalue weighted by Gasteiger charge is 2.08. The topological polar surface area (TPSA) is 81.1 Å². The zero-order valence-corrected chi connectivity index (χ0v) is 9.78. The minimum Gasteiger partial charge on any atom is -0.398 e. The summed E-state index contributed by atoms with van der Waals surface area (Å²) in [4.78, 5) is 11.1. The third-order valence-corrected chi connectivity index (χ3v) is 2.53. The van der Waals surface area contributed by atoms with Crippen LogP contribution < -0.4 is 16.8 Å². The third kappa shape index (κ3) is 2.79. The summed E-state index contributed by atoms with van der Waals surface area (Å²) in [6.07, 6.45) is 0. The summed E-state index contributed by atoms with van der Waals surface area (Å²) >= 11 is 0. The lowest BCUT2D eigenvalue weighted by atomic mass is 10.1. The molecule has 1 amide bonds. The van der Waals surface area contributed by atoms with Crippen LogP contribution >= 0.6 is 0 Å². The van der Waals surface area contributed by atoms with Crippen LogP contribution in [-0.2, 0) is 0 Å². The van der Waals surface area contributed by atoms with Crippen LogP contribution in [0.15, 0.2) is 36.4 Å². The van der Waals surface area contributed by atoms with E-state index in [-0.39, 0.29) is 11.3 Å². The van der Waals surface area contributed by atoms with Crippen molar-refractivity contribution < 1.29 is 13.6 Å². The van der Waals surface area contributed by atoms with Gasteiger partial charge in [-0.1, -0.05) is 0 Å². The minimum absolute atomic E-state index is 0.160. The van der Waals surface area contributed by atoms with Crippen molar-refractivity contribution in [2.75, 3.05) is 11.1 Å². The number of nitrogen functional groups attached to an aromatic ring is 1. The molecule has 0 aliphatic heterocycles. The van der Waals surface area contributed by atoms with E-state index in [9.17, 15) is 13.6 Å². The number of hydrogen-bond acceptors (Lipinski definition) is 3. The fourth-order valence-corrected chi connectivity index (χ4v) is 1.59. The van der Waals surface area contributed by atoms with E-state index >= 15 is 0 Å². The Balaban J connectivity index is 2.30. The van der Waals surface area contributed by atoms with Crippen molar-refractivity contribution in [2.45, 2.75) is 0 Å². The Morgan fingerprint density at radius 1 is 1.00 bits per heavy atom. The van der Waals surface area contributed by atoms with E-state index in [1.807, 2.05) is 0 Å². The van der Waals surface area contributed by atoms with Crippen molar-refractivity contribution in [3.63, 3.8) is 0 Å². The Hall–Kier alpha value is -2.63. The Kier molecular flexibility index (Phi) is 3.33. The normalized spacial score (nSPS) is 10.2. The van der Waals surface area contributed by atoms with Crippen LogP contribution in [0, 0.1) is 11.6 Å². The van der Waals surface area contributed by atoms with Crippen LogP contribution in [0.3, 0.4) is 0 Å². The lowest BCUT2D eigenvalue weighted by molar-refractivity contribution is 0.100. The van der Waals surface area contributed by atoms with Crippen molar-refractivity contribution in [3.05, 3.63) is 53.6 Å². The Morgan fingerprint density at radius 3 is 2.26 bits per heavy atom. The lowest BCUT2D eigenvalue weighted by Crippen LogP contribution is -2.13. The third-order valence-electron chi connectivity index (χ3n) is 2.53. The summed E-state index contributed by atoms with van der Waals surface area (Å²) in [6, 6.07) is 7.93. The zero-order chi connectivity index (χ0) is 14.0. The van der Waals surface area contributed by atoms with Gasteiger partial charge in [0.1, 0.15) is 0 Å². The monoisotopic (exact) mass is 263 g/mol. The maximum absolute atomic E-state index is 13.0. The molecule has 2 rings (SSSR count). The molecule has 2 aromatic carbocycles. The lowest BCUT2D eigenvalue weighted by Gasteiger charge is -2.09. The molecule has 4 nitrogen and oxygen atoms in total. The van der Waals surface area contributed by atoms with Gasteiger partial charge < -0.3 is 16.8 Å². The van der Waals surface area contributed by atoms with Gasteiger partial charge in [0.25, 0.3) is 5.91 Å². The van der Waals surface area contributed by atoms with Gasteiger partial charge in [-0.15, -0.1) is 0 Å². The second-order valence-corrected chi connectivity index (χ2v) is 3.92. The van der Waals surface area contributed by atoms with Gasteiger partial charge >= 0.3 is 0 Å². The molecule has 2 aromatic rings. The number of primary amides is 1. The Morgan fingerprint density at radius 2 is 1.63 bits per heavy atom. The minimum atomic E-state index is -0.962. The molecule has 0 fully saturated rings. The number of carbonyl (C=O) groups excluding carboxylic acids is 1. The number of hydrogen-bond donors (Lipinski definition) is 3. The molecule has 98 valence electrons. The number of halogens is 2.